The Bertz CT molecular complexity index is 362. The molecular formula is C16H27NO2. The van der Waals surface area contributed by atoms with E-state index in [1.54, 1.807) is 7.11 Å². The summed E-state index contributed by atoms with van der Waals surface area (Å²) < 4.78 is 10.9. The Balaban J connectivity index is 2.47. The second-order valence-corrected chi connectivity index (χ2v) is 5.61. The normalized spacial score (nSPS) is 14.2. The summed E-state index contributed by atoms with van der Waals surface area (Å²) in [6.07, 6.45) is 1.04. The lowest BCUT2D eigenvalue weighted by Crippen LogP contribution is -2.35. The monoisotopic (exact) mass is 265 g/mol. The van der Waals surface area contributed by atoms with Gasteiger partial charge in [-0.1, -0.05) is 20.8 Å². The van der Waals surface area contributed by atoms with Crippen LogP contribution < -0.4 is 14.8 Å². The number of rotatable bonds is 8. The van der Waals surface area contributed by atoms with Crippen molar-refractivity contribution in [1.82, 2.24) is 5.32 Å². The number of hydrogen-bond donors (Lipinski definition) is 1. The molecule has 0 heterocycles. The molecule has 0 aliphatic rings. The summed E-state index contributed by atoms with van der Waals surface area (Å²) in [6.45, 7) is 8.60. The fraction of sp³-hybridized carbons (Fsp3) is 0.625. The molecule has 108 valence electrons. The Morgan fingerprint density at radius 3 is 2.21 bits per heavy atom. The van der Waals surface area contributed by atoms with Gasteiger partial charge in [0.2, 0.25) is 0 Å². The molecular weight excluding hydrogens is 238 g/mol. The van der Waals surface area contributed by atoms with E-state index >= 15 is 0 Å². The molecule has 0 spiro atoms. The minimum absolute atomic E-state index is 0.265. The molecule has 1 aromatic carbocycles. The van der Waals surface area contributed by atoms with Gasteiger partial charge in [-0.3, -0.25) is 0 Å². The molecule has 0 aromatic heterocycles. The van der Waals surface area contributed by atoms with Crippen molar-refractivity contribution in [1.29, 1.82) is 0 Å². The van der Waals surface area contributed by atoms with Crippen LogP contribution in [0.4, 0.5) is 0 Å². The summed E-state index contributed by atoms with van der Waals surface area (Å²) >= 11 is 0. The zero-order valence-electron chi connectivity index (χ0n) is 12.8. The Morgan fingerprint density at radius 1 is 1.16 bits per heavy atom. The van der Waals surface area contributed by atoms with Crippen LogP contribution in [0.15, 0.2) is 24.3 Å². The fourth-order valence-corrected chi connectivity index (χ4v) is 2.06. The van der Waals surface area contributed by atoms with Gasteiger partial charge in [0.1, 0.15) is 11.5 Å². The van der Waals surface area contributed by atoms with Crippen LogP contribution >= 0.6 is 0 Å². The predicted octanol–water partition coefficient (Wildman–Crippen LogP) is 3.35. The number of methoxy groups -OCH3 is 1. The molecule has 3 nitrogen and oxygen atoms in total. The molecule has 1 atom stereocenters. The van der Waals surface area contributed by atoms with E-state index in [-0.39, 0.29) is 5.41 Å². The van der Waals surface area contributed by atoms with Gasteiger partial charge >= 0.3 is 0 Å². The van der Waals surface area contributed by atoms with E-state index < -0.39 is 0 Å². The van der Waals surface area contributed by atoms with Crippen LogP contribution in [0.2, 0.25) is 0 Å². The van der Waals surface area contributed by atoms with Gasteiger partial charge in [0, 0.05) is 6.54 Å². The van der Waals surface area contributed by atoms with Gasteiger partial charge in [-0.05, 0) is 49.1 Å². The second-order valence-electron chi connectivity index (χ2n) is 5.61. The van der Waals surface area contributed by atoms with E-state index in [4.69, 9.17) is 9.47 Å². The van der Waals surface area contributed by atoms with Crippen molar-refractivity contribution in [3.63, 3.8) is 0 Å². The first-order valence-corrected chi connectivity index (χ1v) is 6.93. The number of nitrogens with one attached hydrogen (secondary N) is 1. The number of hydrogen-bond acceptors (Lipinski definition) is 3. The van der Waals surface area contributed by atoms with Crippen LogP contribution in [0.1, 0.15) is 27.2 Å². The van der Waals surface area contributed by atoms with E-state index in [0.717, 1.165) is 31.1 Å². The molecule has 0 bridgehead atoms. The first kappa shape index (κ1) is 15.8. The summed E-state index contributed by atoms with van der Waals surface area (Å²) in [4.78, 5) is 0. The number of benzene rings is 1. The molecule has 0 fully saturated rings. The minimum atomic E-state index is 0.265. The van der Waals surface area contributed by atoms with Gasteiger partial charge < -0.3 is 14.8 Å². The smallest absolute Gasteiger partial charge is 0.119 e. The zero-order chi connectivity index (χ0) is 14.3. The van der Waals surface area contributed by atoms with Crippen LogP contribution in [-0.2, 0) is 0 Å². The second kappa shape index (κ2) is 7.39. The van der Waals surface area contributed by atoms with Crippen LogP contribution in [-0.4, -0.2) is 27.3 Å². The summed E-state index contributed by atoms with van der Waals surface area (Å²) in [5.41, 5.74) is 0.265. The zero-order valence-corrected chi connectivity index (χ0v) is 12.8. The highest BCUT2D eigenvalue weighted by Gasteiger charge is 2.27. The van der Waals surface area contributed by atoms with Crippen LogP contribution in [0, 0.1) is 11.3 Å². The highest BCUT2D eigenvalue weighted by atomic mass is 16.5. The third-order valence-corrected chi connectivity index (χ3v) is 3.98. The number of ether oxygens (including phenoxy) is 2. The summed E-state index contributed by atoms with van der Waals surface area (Å²) in [6, 6.07) is 7.74. The Hall–Kier alpha value is -1.22. The fourth-order valence-electron chi connectivity index (χ4n) is 2.06. The standard InChI is InChI=1S/C16H27NO2/c1-13(2)16(3,12-17-4)10-11-19-15-8-6-14(18-5)7-9-15/h6-9,13,17H,10-12H2,1-5H3. The minimum Gasteiger partial charge on any atom is -0.497 e. The molecule has 0 saturated heterocycles. The van der Waals surface area contributed by atoms with Gasteiger partial charge in [-0.15, -0.1) is 0 Å². The van der Waals surface area contributed by atoms with Crippen molar-refractivity contribution >= 4 is 0 Å². The van der Waals surface area contributed by atoms with E-state index in [1.807, 2.05) is 31.3 Å². The van der Waals surface area contributed by atoms with Crippen molar-refractivity contribution < 1.29 is 9.47 Å². The quantitative estimate of drug-likeness (QED) is 0.782. The largest absolute Gasteiger partial charge is 0.497 e. The first-order chi connectivity index (χ1) is 9.01. The van der Waals surface area contributed by atoms with Crippen molar-refractivity contribution in [3.8, 4) is 11.5 Å². The lowest BCUT2D eigenvalue weighted by molar-refractivity contribution is 0.153. The molecule has 0 aliphatic carbocycles. The van der Waals surface area contributed by atoms with Gasteiger partial charge in [0.15, 0.2) is 0 Å². The topological polar surface area (TPSA) is 30.5 Å². The molecule has 0 saturated carbocycles. The molecule has 0 radical (unpaired) electrons. The molecule has 1 N–H and O–H groups in total. The summed E-state index contributed by atoms with van der Waals surface area (Å²) in [5, 5.41) is 3.28. The van der Waals surface area contributed by atoms with Gasteiger partial charge in [0.05, 0.1) is 13.7 Å². The maximum atomic E-state index is 5.81. The van der Waals surface area contributed by atoms with Crippen molar-refractivity contribution in [2.24, 2.45) is 11.3 Å². The molecule has 1 rings (SSSR count). The maximum Gasteiger partial charge on any atom is 0.119 e. The molecule has 1 aromatic rings. The maximum absolute atomic E-state index is 5.81. The van der Waals surface area contributed by atoms with Gasteiger partial charge in [0.25, 0.3) is 0 Å². The Labute approximate surface area is 117 Å². The average molecular weight is 265 g/mol. The highest BCUT2D eigenvalue weighted by Crippen LogP contribution is 2.30. The van der Waals surface area contributed by atoms with Crippen molar-refractivity contribution in [2.45, 2.75) is 27.2 Å². The predicted molar refractivity (Wildman–Crippen MR) is 80.0 cm³/mol. The van der Waals surface area contributed by atoms with Crippen LogP contribution in [0.5, 0.6) is 11.5 Å². The third-order valence-electron chi connectivity index (χ3n) is 3.98. The lowest BCUT2D eigenvalue weighted by Gasteiger charge is -2.33. The van der Waals surface area contributed by atoms with Crippen LogP contribution in [0.3, 0.4) is 0 Å². The van der Waals surface area contributed by atoms with E-state index in [1.165, 1.54) is 0 Å². The van der Waals surface area contributed by atoms with Gasteiger partial charge in [-0.2, -0.15) is 0 Å². The molecule has 19 heavy (non-hydrogen) atoms. The van der Waals surface area contributed by atoms with Crippen molar-refractivity contribution in [3.05, 3.63) is 24.3 Å². The average Bonchev–Trinajstić information content (AvgIpc) is 2.39. The molecule has 3 heteroatoms. The third kappa shape index (κ3) is 4.75. The van der Waals surface area contributed by atoms with Gasteiger partial charge in [-0.25, -0.2) is 0 Å². The van der Waals surface area contributed by atoms with Crippen LogP contribution in [0.25, 0.3) is 0 Å². The first-order valence-electron chi connectivity index (χ1n) is 6.93. The molecule has 0 aliphatic heterocycles. The summed E-state index contributed by atoms with van der Waals surface area (Å²) in [5.74, 6) is 2.38. The van der Waals surface area contributed by atoms with E-state index in [9.17, 15) is 0 Å². The van der Waals surface area contributed by atoms with E-state index in [0.29, 0.717) is 5.92 Å². The highest BCUT2D eigenvalue weighted by molar-refractivity contribution is 5.31. The Morgan fingerprint density at radius 2 is 1.74 bits per heavy atom. The van der Waals surface area contributed by atoms with Crippen molar-refractivity contribution in [2.75, 3.05) is 27.3 Å². The Kier molecular flexibility index (Phi) is 6.16. The lowest BCUT2D eigenvalue weighted by atomic mass is 9.76. The van der Waals surface area contributed by atoms with E-state index in [2.05, 4.69) is 26.1 Å². The molecule has 0 amide bonds. The molecule has 1 unspecified atom stereocenters. The summed E-state index contributed by atoms with van der Waals surface area (Å²) in [7, 11) is 3.67. The SMILES string of the molecule is CNCC(C)(CCOc1ccc(OC)cc1)C(C)C.